The molecule has 2 amide bonds. The number of fused-ring (bicyclic) bond motifs is 1. The first-order chi connectivity index (χ1) is 19.8. The topological polar surface area (TPSA) is 75.7 Å². The van der Waals surface area contributed by atoms with E-state index in [-0.39, 0.29) is 36.2 Å². The molecule has 1 aromatic carbocycles. The van der Waals surface area contributed by atoms with E-state index in [0.29, 0.717) is 31.0 Å². The van der Waals surface area contributed by atoms with Crippen molar-refractivity contribution < 1.29 is 19.1 Å². The number of esters is 1. The summed E-state index contributed by atoms with van der Waals surface area (Å²) >= 11 is 6.09. The Morgan fingerprint density at radius 2 is 1.71 bits per heavy atom. The SMILES string of the molecule is CCOC(=O)[C@]12CCCCC/C=C\1N(CCc1ccc(Cl)cc1)C(=O)[C@H]2CC(=O)NCC12CC3CC(CC(C3)C1)C2. The summed E-state index contributed by atoms with van der Waals surface area (Å²) in [7, 11) is 0. The van der Waals surface area contributed by atoms with Crippen molar-refractivity contribution in [3.8, 4) is 0 Å². The van der Waals surface area contributed by atoms with Crippen molar-refractivity contribution in [3.05, 3.63) is 46.6 Å². The van der Waals surface area contributed by atoms with E-state index in [1.807, 2.05) is 31.2 Å². The predicted octanol–water partition coefficient (Wildman–Crippen LogP) is 6.46. The van der Waals surface area contributed by atoms with Crippen molar-refractivity contribution in [2.75, 3.05) is 19.7 Å². The van der Waals surface area contributed by atoms with Gasteiger partial charge in [0.05, 0.1) is 12.5 Å². The summed E-state index contributed by atoms with van der Waals surface area (Å²) in [4.78, 5) is 43.5. The largest absolute Gasteiger partial charge is 0.465 e. The summed E-state index contributed by atoms with van der Waals surface area (Å²) in [6.45, 7) is 3.21. The fourth-order valence-corrected chi connectivity index (χ4v) is 9.66. The van der Waals surface area contributed by atoms with Crippen LogP contribution in [0.5, 0.6) is 0 Å². The molecule has 1 saturated heterocycles. The number of hydrogen-bond acceptors (Lipinski definition) is 4. The van der Waals surface area contributed by atoms with E-state index in [9.17, 15) is 14.4 Å². The minimum atomic E-state index is -1.11. The van der Waals surface area contributed by atoms with Gasteiger partial charge in [0.15, 0.2) is 0 Å². The lowest BCUT2D eigenvalue weighted by molar-refractivity contribution is -0.158. The van der Waals surface area contributed by atoms with E-state index in [1.54, 1.807) is 4.90 Å². The van der Waals surface area contributed by atoms with Gasteiger partial charge in [-0.15, -0.1) is 0 Å². The normalized spacial score (nSPS) is 35.3. The molecule has 222 valence electrons. The van der Waals surface area contributed by atoms with Gasteiger partial charge in [-0.25, -0.2) is 0 Å². The summed E-state index contributed by atoms with van der Waals surface area (Å²) in [6.07, 6.45) is 14.7. The number of halogens is 1. The molecule has 4 saturated carbocycles. The quantitative estimate of drug-likeness (QED) is 0.340. The highest BCUT2D eigenvalue weighted by Crippen LogP contribution is 2.60. The van der Waals surface area contributed by atoms with Gasteiger partial charge in [-0.2, -0.15) is 0 Å². The van der Waals surface area contributed by atoms with Crippen LogP contribution in [0.2, 0.25) is 5.02 Å². The van der Waals surface area contributed by atoms with Crippen LogP contribution in [0.3, 0.4) is 0 Å². The van der Waals surface area contributed by atoms with E-state index < -0.39 is 11.3 Å². The highest BCUT2D eigenvalue weighted by atomic mass is 35.5. The molecule has 0 aromatic heterocycles. The van der Waals surface area contributed by atoms with Crippen LogP contribution in [0.4, 0.5) is 0 Å². The van der Waals surface area contributed by atoms with Gasteiger partial charge in [-0.1, -0.05) is 42.7 Å². The average Bonchev–Trinajstić information content (AvgIpc) is 3.13. The van der Waals surface area contributed by atoms with Gasteiger partial charge in [0.2, 0.25) is 11.8 Å². The number of amides is 2. The summed E-state index contributed by atoms with van der Waals surface area (Å²) in [5, 5.41) is 3.96. The molecule has 5 aliphatic carbocycles. The van der Waals surface area contributed by atoms with Gasteiger partial charge >= 0.3 is 5.97 Å². The zero-order valence-electron chi connectivity index (χ0n) is 24.5. The lowest BCUT2D eigenvalue weighted by Gasteiger charge is -2.56. The third-order valence-electron chi connectivity index (χ3n) is 10.9. The van der Waals surface area contributed by atoms with Crippen LogP contribution < -0.4 is 5.32 Å². The van der Waals surface area contributed by atoms with Crippen LogP contribution in [-0.4, -0.2) is 42.4 Å². The van der Waals surface area contributed by atoms with Crippen molar-refractivity contribution in [2.24, 2.45) is 34.5 Å². The van der Waals surface area contributed by atoms with Crippen LogP contribution in [0.1, 0.15) is 89.5 Å². The van der Waals surface area contributed by atoms with Gasteiger partial charge < -0.3 is 15.0 Å². The Balaban J connectivity index is 1.23. The number of allylic oxidation sites excluding steroid dienone is 1. The fraction of sp³-hybridized carbons (Fsp3) is 0.676. The van der Waals surface area contributed by atoms with E-state index in [0.717, 1.165) is 54.7 Å². The van der Waals surface area contributed by atoms with Crippen LogP contribution >= 0.6 is 11.6 Å². The third-order valence-corrected chi connectivity index (χ3v) is 11.2. The van der Waals surface area contributed by atoms with Crippen molar-refractivity contribution in [3.63, 3.8) is 0 Å². The minimum Gasteiger partial charge on any atom is -0.465 e. The number of hydrogen-bond donors (Lipinski definition) is 1. The molecule has 1 aliphatic heterocycles. The van der Waals surface area contributed by atoms with Crippen molar-refractivity contribution >= 4 is 29.4 Å². The number of benzene rings is 1. The van der Waals surface area contributed by atoms with Gasteiger partial charge in [0.1, 0.15) is 5.41 Å². The van der Waals surface area contributed by atoms with E-state index >= 15 is 0 Å². The Morgan fingerprint density at radius 3 is 2.37 bits per heavy atom. The molecule has 0 unspecified atom stereocenters. The molecule has 41 heavy (non-hydrogen) atoms. The maximum absolute atomic E-state index is 14.2. The predicted molar refractivity (Wildman–Crippen MR) is 159 cm³/mol. The highest BCUT2D eigenvalue weighted by Gasteiger charge is 2.61. The van der Waals surface area contributed by atoms with Gasteiger partial charge in [-0.05, 0) is 112 Å². The fourth-order valence-electron chi connectivity index (χ4n) is 9.54. The number of nitrogens with zero attached hydrogens (tertiary/aromatic N) is 1. The van der Waals surface area contributed by atoms with E-state index in [1.165, 1.54) is 38.5 Å². The van der Waals surface area contributed by atoms with E-state index in [2.05, 4.69) is 11.4 Å². The van der Waals surface area contributed by atoms with Crippen LogP contribution in [0.15, 0.2) is 36.0 Å². The number of rotatable bonds is 9. The first-order valence-electron chi connectivity index (χ1n) is 16.0. The van der Waals surface area contributed by atoms with Crippen LogP contribution in [0.25, 0.3) is 0 Å². The summed E-state index contributed by atoms with van der Waals surface area (Å²) in [6, 6.07) is 7.67. The molecule has 0 spiro atoms. The second-order valence-corrected chi connectivity index (χ2v) is 14.1. The number of likely N-dealkylation sites (tertiary alicyclic amines) is 1. The molecule has 5 fully saturated rings. The van der Waals surface area contributed by atoms with Crippen LogP contribution in [0, 0.1) is 34.5 Å². The second-order valence-electron chi connectivity index (χ2n) is 13.7. The Bertz CT molecular complexity index is 1160. The summed E-state index contributed by atoms with van der Waals surface area (Å²) < 4.78 is 5.69. The monoisotopic (exact) mass is 580 g/mol. The molecule has 6 nitrogen and oxygen atoms in total. The first kappa shape index (κ1) is 28.8. The number of carbonyl (C=O) groups is 3. The second kappa shape index (κ2) is 11.7. The maximum atomic E-state index is 14.2. The Labute approximate surface area is 249 Å². The number of carbonyl (C=O) groups excluding carboxylic acids is 3. The average molecular weight is 581 g/mol. The molecule has 0 radical (unpaired) electrons. The molecule has 1 N–H and O–H groups in total. The summed E-state index contributed by atoms with van der Waals surface area (Å²) in [5.74, 6) is 1.13. The minimum absolute atomic E-state index is 0.0266. The van der Waals surface area contributed by atoms with Crippen molar-refractivity contribution in [1.82, 2.24) is 10.2 Å². The Hall–Kier alpha value is -2.34. The highest BCUT2D eigenvalue weighted by molar-refractivity contribution is 6.30. The lowest BCUT2D eigenvalue weighted by Crippen LogP contribution is -2.51. The van der Waals surface area contributed by atoms with Crippen LogP contribution in [-0.2, 0) is 25.5 Å². The molecule has 1 aromatic rings. The molecule has 6 aliphatic rings. The first-order valence-corrected chi connectivity index (χ1v) is 16.4. The molecule has 7 rings (SSSR count). The van der Waals surface area contributed by atoms with Gasteiger partial charge in [0.25, 0.3) is 0 Å². The zero-order valence-corrected chi connectivity index (χ0v) is 25.2. The number of nitrogens with one attached hydrogen (secondary N) is 1. The molecule has 4 bridgehead atoms. The Morgan fingerprint density at radius 1 is 1.02 bits per heavy atom. The van der Waals surface area contributed by atoms with Crippen molar-refractivity contribution in [1.29, 1.82) is 0 Å². The van der Waals surface area contributed by atoms with E-state index in [4.69, 9.17) is 16.3 Å². The lowest BCUT2D eigenvalue weighted by atomic mass is 9.49. The third kappa shape index (κ3) is 5.58. The zero-order chi connectivity index (χ0) is 28.6. The molecule has 2 atom stereocenters. The number of ether oxygens (including phenoxy) is 1. The van der Waals surface area contributed by atoms with Crippen molar-refractivity contribution in [2.45, 2.75) is 90.4 Å². The molecular formula is C34H45ClN2O4. The molecule has 7 heteroatoms. The van der Waals surface area contributed by atoms with Gasteiger partial charge in [0, 0.05) is 30.2 Å². The summed E-state index contributed by atoms with van der Waals surface area (Å²) in [5.41, 5.74) is 0.949. The van der Waals surface area contributed by atoms with Gasteiger partial charge in [-0.3, -0.25) is 14.4 Å². The maximum Gasteiger partial charge on any atom is 0.318 e. The smallest absolute Gasteiger partial charge is 0.318 e. The molecular weight excluding hydrogens is 536 g/mol. The Kier molecular flexibility index (Phi) is 8.24. The standard InChI is InChI=1S/C34H45ClN2O4/c1-2-41-32(40)34-13-6-4-3-5-7-29(34)37(14-12-23-8-10-27(35)11-9-23)31(39)28(34)18-30(38)36-22-33-19-24-15-25(20-33)17-26(16-24)21-33/h7-11,24-26,28H,2-6,12-22H2,1H3,(H,36,38)/b29-7+/t24?,25?,26?,28-,33?,34+/m1/s1. The molecule has 1 heterocycles.